The van der Waals surface area contributed by atoms with Crippen LogP contribution in [0, 0.1) is 11.8 Å². The number of hydrogen-bond acceptors (Lipinski definition) is 2. The molecule has 96 valence electrons. The van der Waals surface area contributed by atoms with E-state index in [1.165, 1.54) is 36.8 Å². The lowest BCUT2D eigenvalue weighted by Crippen LogP contribution is -2.35. The zero-order valence-corrected chi connectivity index (χ0v) is 10.7. The summed E-state index contributed by atoms with van der Waals surface area (Å²) in [7, 11) is 0. The summed E-state index contributed by atoms with van der Waals surface area (Å²) < 4.78 is 0. The van der Waals surface area contributed by atoms with Gasteiger partial charge in [0.25, 0.3) is 0 Å². The van der Waals surface area contributed by atoms with Crippen LogP contribution in [0.5, 0.6) is 5.75 Å². The van der Waals surface area contributed by atoms with Crippen LogP contribution in [-0.2, 0) is 6.42 Å². The van der Waals surface area contributed by atoms with Crippen molar-refractivity contribution in [3.63, 3.8) is 0 Å². The SMILES string of the molecule is Oc1cccc2c1CCC2NC(C1CC1)C1CC1. The number of rotatable bonds is 4. The van der Waals surface area contributed by atoms with Crippen LogP contribution in [0.15, 0.2) is 18.2 Å². The van der Waals surface area contributed by atoms with Crippen LogP contribution in [-0.4, -0.2) is 11.1 Å². The number of phenols is 1. The molecule has 2 nitrogen and oxygen atoms in total. The first-order valence-electron chi connectivity index (χ1n) is 7.40. The van der Waals surface area contributed by atoms with Gasteiger partial charge < -0.3 is 10.4 Å². The molecule has 0 amide bonds. The van der Waals surface area contributed by atoms with Gasteiger partial charge in [-0.15, -0.1) is 0 Å². The lowest BCUT2D eigenvalue weighted by atomic mass is 10.0. The second-order valence-corrected chi connectivity index (χ2v) is 6.30. The van der Waals surface area contributed by atoms with Crippen LogP contribution >= 0.6 is 0 Å². The number of nitrogens with one attached hydrogen (secondary N) is 1. The second-order valence-electron chi connectivity index (χ2n) is 6.30. The molecule has 3 aliphatic carbocycles. The highest BCUT2D eigenvalue weighted by Gasteiger charge is 2.42. The van der Waals surface area contributed by atoms with E-state index in [9.17, 15) is 5.11 Å². The Balaban J connectivity index is 1.55. The Bertz CT molecular complexity index is 450. The predicted octanol–water partition coefficient (Wildman–Crippen LogP) is 3.16. The zero-order chi connectivity index (χ0) is 12.1. The van der Waals surface area contributed by atoms with Gasteiger partial charge in [0, 0.05) is 12.1 Å². The van der Waals surface area contributed by atoms with E-state index >= 15 is 0 Å². The largest absolute Gasteiger partial charge is 0.508 e. The summed E-state index contributed by atoms with van der Waals surface area (Å²) in [5, 5.41) is 13.8. The Morgan fingerprint density at radius 2 is 1.78 bits per heavy atom. The fraction of sp³-hybridized carbons (Fsp3) is 0.625. The maximum Gasteiger partial charge on any atom is 0.119 e. The van der Waals surface area contributed by atoms with Crippen LogP contribution in [0.3, 0.4) is 0 Å². The van der Waals surface area contributed by atoms with E-state index in [1.807, 2.05) is 12.1 Å². The van der Waals surface area contributed by atoms with Gasteiger partial charge in [-0.05, 0) is 67.6 Å². The van der Waals surface area contributed by atoms with Crippen molar-refractivity contribution in [1.82, 2.24) is 5.32 Å². The monoisotopic (exact) mass is 243 g/mol. The first-order valence-corrected chi connectivity index (χ1v) is 7.40. The molecular weight excluding hydrogens is 222 g/mol. The summed E-state index contributed by atoms with van der Waals surface area (Å²) in [5.41, 5.74) is 2.53. The van der Waals surface area contributed by atoms with Crippen molar-refractivity contribution in [2.24, 2.45) is 11.8 Å². The first-order chi connectivity index (χ1) is 8.83. The number of aromatic hydroxyl groups is 1. The molecular formula is C16H21NO. The van der Waals surface area contributed by atoms with Gasteiger partial charge in [0.1, 0.15) is 5.75 Å². The maximum atomic E-state index is 9.90. The Hall–Kier alpha value is -1.02. The molecule has 2 heteroatoms. The van der Waals surface area contributed by atoms with Crippen LogP contribution in [0.2, 0.25) is 0 Å². The number of hydrogen-bond donors (Lipinski definition) is 2. The summed E-state index contributed by atoms with van der Waals surface area (Å²) in [6.07, 6.45) is 7.88. The second kappa shape index (κ2) is 3.99. The standard InChI is InChI=1S/C16H21NO/c18-15-3-1-2-12-13(15)8-9-14(12)17-16(10-4-5-10)11-6-7-11/h1-3,10-11,14,16-18H,4-9H2. The minimum absolute atomic E-state index is 0.485. The van der Waals surface area contributed by atoms with Gasteiger partial charge in [0.2, 0.25) is 0 Å². The number of benzene rings is 1. The van der Waals surface area contributed by atoms with Crippen molar-refractivity contribution < 1.29 is 5.11 Å². The molecule has 0 aromatic heterocycles. The van der Waals surface area contributed by atoms with E-state index in [2.05, 4.69) is 11.4 Å². The predicted molar refractivity (Wildman–Crippen MR) is 71.5 cm³/mol. The van der Waals surface area contributed by atoms with E-state index in [4.69, 9.17) is 0 Å². The molecule has 0 bridgehead atoms. The molecule has 1 atom stereocenters. The Kier molecular flexibility index (Phi) is 2.41. The smallest absolute Gasteiger partial charge is 0.119 e. The average molecular weight is 243 g/mol. The fourth-order valence-corrected chi connectivity index (χ4v) is 3.61. The van der Waals surface area contributed by atoms with E-state index in [1.54, 1.807) is 0 Å². The molecule has 0 radical (unpaired) electrons. The third-order valence-electron chi connectivity index (χ3n) is 4.90. The highest BCUT2D eigenvalue weighted by Crippen LogP contribution is 2.46. The summed E-state index contributed by atoms with van der Waals surface area (Å²) >= 11 is 0. The quantitative estimate of drug-likeness (QED) is 0.851. The summed E-state index contributed by atoms with van der Waals surface area (Å²) in [6.45, 7) is 0. The maximum absolute atomic E-state index is 9.90. The Morgan fingerprint density at radius 1 is 1.06 bits per heavy atom. The van der Waals surface area contributed by atoms with Crippen LogP contribution in [0.4, 0.5) is 0 Å². The summed E-state index contributed by atoms with van der Waals surface area (Å²) in [6, 6.07) is 7.23. The van der Waals surface area contributed by atoms with E-state index in [-0.39, 0.29) is 0 Å². The first kappa shape index (κ1) is 10.9. The molecule has 1 aromatic rings. The Morgan fingerprint density at radius 3 is 2.44 bits per heavy atom. The molecule has 0 aliphatic heterocycles. The third-order valence-corrected chi connectivity index (χ3v) is 4.90. The molecule has 0 spiro atoms. The van der Waals surface area contributed by atoms with Crippen molar-refractivity contribution in [3.05, 3.63) is 29.3 Å². The van der Waals surface area contributed by atoms with Crippen molar-refractivity contribution in [2.75, 3.05) is 0 Å². The summed E-state index contributed by atoms with van der Waals surface area (Å²) in [4.78, 5) is 0. The lowest BCUT2D eigenvalue weighted by molar-refractivity contribution is 0.364. The molecule has 1 unspecified atom stereocenters. The molecule has 2 saturated carbocycles. The van der Waals surface area contributed by atoms with Crippen LogP contribution in [0.25, 0.3) is 0 Å². The van der Waals surface area contributed by atoms with Crippen molar-refractivity contribution >= 4 is 0 Å². The minimum atomic E-state index is 0.485. The van der Waals surface area contributed by atoms with Crippen molar-refractivity contribution in [3.8, 4) is 5.75 Å². The normalized spacial score (nSPS) is 26.6. The van der Waals surface area contributed by atoms with Crippen molar-refractivity contribution in [1.29, 1.82) is 0 Å². The van der Waals surface area contributed by atoms with E-state index in [0.29, 0.717) is 11.8 Å². The van der Waals surface area contributed by atoms with Gasteiger partial charge in [0.15, 0.2) is 0 Å². The van der Waals surface area contributed by atoms with E-state index < -0.39 is 0 Å². The topological polar surface area (TPSA) is 32.3 Å². The molecule has 1 aromatic carbocycles. The number of fused-ring (bicyclic) bond motifs is 1. The third kappa shape index (κ3) is 1.83. The van der Waals surface area contributed by atoms with Crippen LogP contribution < -0.4 is 5.32 Å². The lowest BCUT2D eigenvalue weighted by Gasteiger charge is -2.23. The van der Waals surface area contributed by atoms with E-state index in [0.717, 1.165) is 30.7 Å². The zero-order valence-electron chi connectivity index (χ0n) is 10.7. The van der Waals surface area contributed by atoms with Gasteiger partial charge in [-0.3, -0.25) is 0 Å². The molecule has 2 N–H and O–H groups in total. The van der Waals surface area contributed by atoms with Gasteiger partial charge >= 0.3 is 0 Å². The van der Waals surface area contributed by atoms with Gasteiger partial charge in [-0.25, -0.2) is 0 Å². The molecule has 3 aliphatic rings. The molecule has 18 heavy (non-hydrogen) atoms. The number of phenolic OH excluding ortho intramolecular Hbond substituents is 1. The van der Waals surface area contributed by atoms with Gasteiger partial charge in [-0.1, -0.05) is 12.1 Å². The van der Waals surface area contributed by atoms with Crippen LogP contribution in [0.1, 0.15) is 49.3 Å². The molecule has 0 saturated heterocycles. The molecule has 2 fully saturated rings. The molecule has 4 rings (SSSR count). The van der Waals surface area contributed by atoms with Crippen molar-refractivity contribution in [2.45, 2.75) is 50.6 Å². The highest BCUT2D eigenvalue weighted by molar-refractivity contribution is 5.44. The van der Waals surface area contributed by atoms with Gasteiger partial charge in [-0.2, -0.15) is 0 Å². The minimum Gasteiger partial charge on any atom is -0.508 e. The summed E-state index contributed by atoms with van der Waals surface area (Å²) in [5.74, 6) is 2.38. The fourth-order valence-electron chi connectivity index (χ4n) is 3.61. The Labute approximate surface area is 108 Å². The molecule has 0 heterocycles. The van der Waals surface area contributed by atoms with Gasteiger partial charge in [0.05, 0.1) is 0 Å². The average Bonchev–Trinajstić information content (AvgIpc) is 3.26. The highest BCUT2D eigenvalue weighted by atomic mass is 16.3.